The third-order valence-electron chi connectivity index (χ3n) is 2.97. The predicted molar refractivity (Wildman–Crippen MR) is 67.4 cm³/mol. The molecule has 1 aliphatic heterocycles. The van der Waals surface area contributed by atoms with E-state index in [0.717, 1.165) is 23.1 Å². The number of methoxy groups -OCH3 is 1. The number of nitrogens with zero attached hydrogens (tertiary/aromatic N) is 1. The molecule has 0 unspecified atom stereocenters. The van der Waals surface area contributed by atoms with Gasteiger partial charge in [0, 0.05) is 0 Å². The Morgan fingerprint density at radius 1 is 1.42 bits per heavy atom. The van der Waals surface area contributed by atoms with Gasteiger partial charge in [0.25, 0.3) is 0 Å². The molecule has 2 N–H and O–H groups in total. The maximum Gasteiger partial charge on any atom is 0.397 e. The molecule has 1 heterocycles. The molecule has 1 aliphatic rings. The fourth-order valence-electron chi connectivity index (χ4n) is 2.10. The summed E-state index contributed by atoms with van der Waals surface area (Å²) in [6.45, 7) is 0.511. The number of nitrogens with two attached hydrogens (primary N) is 1. The van der Waals surface area contributed by atoms with Crippen LogP contribution in [0, 0.1) is 0 Å². The van der Waals surface area contributed by atoms with Gasteiger partial charge in [0.05, 0.1) is 19.2 Å². The van der Waals surface area contributed by atoms with E-state index in [-0.39, 0.29) is 6.42 Å². The van der Waals surface area contributed by atoms with Gasteiger partial charge in [0.15, 0.2) is 0 Å². The molecule has 6 heteroatoms. The quantitative estimate of drug-likeness (QED) is 0.587. The van der Waals surface area contributed by atoms with Crippen LogP contribution in [-0.4, -0.2) is 31.4 Å². The third kappa shape index (κ3) is 2.34. The first-order valence-corrected chi connectivity index (χ1v) is 5.85. The molecule has 1 aromatic carbocycles. The summed E-state index contributed by atoms with van der Waals surface area (Å²) in [6, 6.07) is 5.29. The Morgan fingerprint density at radius 2 is 2.16 bits per heavy atom. The first kappa shape index (κ1) is 13.2. The summed E-state index contributed by atoms with van der Waals surface area (Å²) in [5, 5.41) is 0. The van der Waals surface area contributed by atoms with Gasteiger partial charge >= 0.3 is 11.9 Å². The van der Waals surface area contributed by atoms with Gasteiger partial charge in [0.1, 0.15) is 0 Å². The topological polar surface area (TPSA) is 89.7 Å². The zero-order valence-corrected chi connectivity index (χ0v) is 10.5. The lowest BCUT2D eigenvalue weighted by Gasteiger charge is -2.13. The van der Waals surface area contributed by atoms with E-state index in [1.807, 2.05) is 6.07 Å². The van der Waals surface area contributed by atoms with E-state index < -0.39 is 17.8 Å². The molecule has 0 bridgehead atoms. The van der Waals surface area contributed by atoms with Crippen LogP contribution >= 0.6 is 0 Å². The summed E-state index contributed by atoms with van der Waals surface area (Å²) in [4.78, 5) is 35.7. The van der Waals surface area contributed by atoms with Crippen LogP contribution in [0.25, 0.3) is 0 Å². The molecule has 0 saturated heterocycles. The number of rotatable bonds is 2. The average molecular weight is 262 g/mol. The fraction of sp³-hybridized carbons (Fsp3) is 0.308. The number of esters is 1. The van der Waals surface area contributed by atoms with E-state index in [4.69, 9.17) is 5.73 Å². The number of carbonyl (C=O) groups is 3. The molecule has 0 aromatic heterocycles. The predicted octanol–water partition coefficient (Wildman–Crippen LogP) is -0.224. The van der Waals surface area contributed by atoms with Crippen molar-refractivity contribution in [3.63, 3.8) is 0 Å². The highest BCUT2D eigenvalue weighted by molar-refractivity contribution is 6.44. The normalized spacial score (nSPS) is 13.4. The van der Waals surface area contributed by atoms with Crippen LogP contribution < -0.4 is 10.6 Å². The van der Waals surface area contributed by atoms with E-state index in [9.17, 15) is 14.4 Å². The summed E-state index contributed by atoms with van der Waals surface area (Å²) >= 11 is 0. The van der Waals surface area contributed by atoms with Crippen LogP contribution in [0.4, 0.5) is 5.69 Å². The van der Waals surface area contributed by atoms with E-state index >= 15 is 0 Å². The number of imide groups is 1. The van der Waals surface area contributed by atoms with Crippen LogP contribution in [-0.2, 0) is 32.0 Å². The molecule has 100 valence electrons. The SMILES string of the molecule is COC(=O)C(=O)N1C(=O)Cc2cc(CCN)ccc21. The highest BCUT2D eigenvalue weighted by atomic mass is 16.5. The molecule has 0 atom stereocenters. The summed E-state index contributed by atoms with van der Waals surface area (Å²) in [7, 11) is 1.10. The standard InChI is InChI=1S/C13H14N2O4/c1-19-13(18)12(17)15-10-3-2-8(4-5-14)6-9(10)7-11(15)16/h2-3,6H,4-5,7,14H2,1H3. The lowest BCUT2D eigenvalue weighted by atomic mass is 10.1. The van der Waals surface area contributed by atoms with Gasteiger partial charge in [0.2, 0.25) is 5.91 Å². The van der Waals surface area contributed by atoms with Crippen molar-refractivity contribution in [2.24, 2.45) is 5.73 Å². The zero-order chi connectivity index (χ0) is 14.0. The molecule has 0 aliphatic carbocycles. The van der Waals surface area contributed by atoms with Crippen LogP contribution in [0.2, 0.25) is 0 Å². The minimum atomic E-state index is -1.05. The molecule has 19 heavy (non-hydrogen) atoms. The molecule has 2 amide bonds. The molecule has 0 saturated carbocycles. The average Bonchev–Trinajstić information content (AvgIpc) is 2.72. The molecule has 1 aromatic rings. The van der Waals surface area contributed by atoms with Crippen molar-refractivity contribution in [3.05, 3.63) is 29.3 Å². The molecule has 6 nitrogen and oxygen atoms in total. The second kappa shape index (κ2) is 5.19. The van der Waals surface area contributed by atoms with Crippen LogP contribution in [0.3, 0.4) is 0 Å². The summed E-state index contributed by atoms with van der Waals surface area (Å²) in [6.07, 6.45) is 0.808. The fourth-order valence-corrected chi connectivity index (χ4v) is 2.10. The lowest BCUT2D eigenvalue weighted by Crippen LogP contribution is -2.39. The Labute approximate surface area is 110 Å². The molecule has 0 fully saturated rings. The van der Waals surface area contributed by atoms with E-state index in [2.05, 4.69) is 4.74 Å². The van der Waals surface area contributed by atoms with Crippen molar-refractivity contribution in [3.8, 4) is 0 Å². The molecule has 0 radical (unpaired) electrons. The van der Waals surface area contributed by atoms with Gasteiger partial charge in [-0.2, -0.15) is 0 Å². The van der Waals surface area contributed by atoms with Gasteiger partial charge in [-0.1, -0.05) is 12.1 Å². The largest absolute Gasteiger partial charge is 0.462 e. The van der Waals surface area contributed by atoms with Crippen molar-refractivity contribution in [1.29, 1.82) is 0 Å². The van der Waals surface area contributed by atoms with Crippen molar-refractivity contribution < 1.29 is 19.1 Å². The number of hydrogen-bond acceptors (Lipinski definition) is 5. The van der Waals surface area contributed by atoms with Gasteiger partial charge in [-0.15, -0.1) is 0 Å². The number of ether oxygens (including phenoxy) is 1. The zero-order valence-electron chi connectivity index (χ0n) is 10.5. The highest BCUT2D eigenvalue weighted by Gasteiger charge is 2.36. The van der Waals surface area contributed by atoms with Crippen LogP contribution in [0.5, 0.6) is 0 Å². The van der Waals surface area contributed by atoms with Crippen LogP contribution in [0.1, 0.15) is 11.1 Å². The summed E-state index contributed by atoms with van der Waals surface area (Å²) in [5.74, 6) is -2.43. The third-order valence-corrected chi connectivity index (χ3v) is 2.97. The van der Waals surface area contributed by atoms with Crippen molar-refractivity contribution in [2.75, 3.05) is 18.6 Å². The Bertz CT molecular complexity index is 554. The Kier molecular flexibility index (Phi) is 3.62. The number of benzene rings is 1. The Hall–Kier alpha value is -2.21. The second-order valence-corrected chi connectivity index (χ2v) is 4.20. The maximum atomic E-state index is 11.8. The number of anilines is 1. The molecule has 2 rings (SSSR count). The number of carbonyl (C=O) groups excluding carboxylic acids is 3. The van der Waals surface area contributed by atoms with Gasteiger partial charge in [-0.3, -0.25) is 9.59 Å². The lowest BCUT2D eigenvalue weighted by molar-refractivity contribution is -0.152. The van der Waals surface area contributed by atoms with E-state index in [1.54, 1.807) is 12.1 Å². The van der Waals surface area contributed by atoms with Crippen molar-refractivity contribution in [1.82, 2.24) is 0 Å². The maximum absolute atomic E-state index is 11.8. The molecular formula is C13H14N2O4. The van der Waals surface area contributed by atoms with Crippen molar-refractivity contribution >= 4 is 23.5 Å². The Morgan fingerprint density at radius 3 is 2.79 bits per heavy atom. The monoisotopic (exact) mass is 262 g/mol. The highest BCUT2D eigenvalue weighted by Crippen LogP contribution is 2.30. The second-order valence-electron chi connectivity index (χ2n) is 4.20. The minimum absolute atomic E-state index is 0.108. The Balaban J connectivity index is 2.34. The van der Waals surface area contributed by atoms with Gasteiger partial charge in [-0.25, -0.2) is 9.69 Å². The molecule has 0 spiro atoms. The molecular weight excluding hydrogens is 248 g/mol. The number of fused-ring (bicyclic) bond motifs is 1. The van der Waals surface area contributed by atoms with Crippen LogP contribution in [0.15, 0.2) is 18.2 Å². The van der Waals surface area contributed by atoms with Gasteiger partial charge in [-0.05, 0) is 30.2 Å². The van der Waals surface area contributed by atoms with Gasteiger partial charge < -0.3 is 10.5 Å². The van der Waals surface area contributed by atoms with E-state index in [1.165, 1.54) is 0 Å². The first-order valence-electron chi connectivity index (χ1n) is 5.85. The smallest absolute Gasteiger partial charge is 0.397 e. The minimum Gasteiger partial charge on any atom is -0.462 e. The van der Waals surface area contributed by atoms with Crippen molar-refractivity contribution in [2.45, 2.75) is 12.8 Å². The summed E-state index contributed by atoms with van der Waals surface area (Å²) < 4.78 is 4.35. The van der Waals surface area contributed by atoms with E-state index in [0.29, 0.717) is 18.7 Å². The summed E-state index contributed by atoms with van der Waals surface area (Å²) in [5.41, 5.74) is 7.65. The number of amides is 2. The number of hydrogen-bond donors (Lipinski definition) is 1. The first-order chi connectivity index (χ1) is 9.08.